The Bertz CT molecular complexity index is 1210. The van der Waals surface area contributed by atoms with Crippen LogP contribution in [0.3, 0.4) is 0 Å². The van der Waals surface area contributed by atoms with E-state index in [1.165, 1.54) is 19.4 Å². The van der Waals surface area contributed by atoms with Crippen molar-refractivity contribution in [3.8, 4) is 5.88 Å². The second-order valence-corrected chi connectivity index (χ2v) is 6.71. The summed E-state index contributed by atoms with van der Waals surface area (Å²) in [5, 5.41) is 3.35. The minimum Gasteiger partial charge on any atom is -0.479 e. The summed E-state index contributed by atoms with van der Waals surface area (Å²) < 4.78 is 57.4. The van der Waals surface area contributed by atoms with E-state index in [-0.39, 0.29) is 12.4 Å². The molecule has 0 fully saturated rings. The first kappa shape index (κ1) is 20.5. The Balaban J connectivity index is 1.44. The standard InChI is InChI=1S/C20H16F4N6O/c1-31-18-16(21)3-12(5-27-18)8-30-19-28-6-11(7-29-19)2-13-9-25-17-15(13)4-14(10-26-17)20(22,23)24/h3-7,9-10H,2,8H2,1H3,(H,25,26)(H,28,29,30). The molecular formula is C20H16F4N6O. The van der Waals surface area contributed by atoms with Crippen molar-refractivity contribution in [2.75, 3.05) is 12.4 Å². The van der Waals surface area contributed by atoms with E-state index in [4.69, 9.17) is 4.74 Å². The number of hydrogen-bond donors (Lipinski definition) is 2. The Hall–Kier alpha value is -3.76. The second kappa shape index (κ2) is 8.17. The monoisotopic (exact) mass is 432 g/mol. The van der Waals surface area contributed by atoms with Gasteiger partial charge in [0.1, 0.15) is 5.65 Å². The zero-order chi connectivity index (χ0) is 22.0. The number of rotatable bonds is 6. The summed E-state index contributed by atoms with van der Waals surface area (Å²) in [6.45, 7) is 0.252. The van der Waals surface area contributed by atoms with Gasteiger partial charge in [0, 0.05) is 49.3 Å². The van der Waals surface area contributed by atoms with Crippen molar-refractivity contribution in [3.63, 3.8) is 0 Å². The van der Waals surface area contributed by atoms with Crippen molar-refractivity contribution in [1.29, 1.82) is 0 Å². The predicted molar refractivity (Wildman–Crippen MR) is 104 cm³/mol. The maximum atomic E-state index is 13.7. The molecule has 0 amide bonds. The third-order valence-corrected chi connectivity index (χ3v) is 4.55. The average molecular weight is 432 g/mol. The van der Waals surface area contributed by atoms with E-state index >= 15 is 0 Å². The third kappa shape index (κ3) is 4.55. The molecule has 31 heavy (non-hydrogen) atoms. The number of nitrogens with one attached hydrogen (secondary N) is 2. The highest BCUT2D eigenvalue weighted by Crippen LogP contribution is 2.31. The van der Waals surface area contributed by atoms with Crippen LogP contribution in [-0.2, 0) is 19.1 Å². The fraction of sp³-hybridized carbons (Fsp3) is 0.200. The van der Waals surface area contributed by atoms with Crippen LogP contribution in [0.25, 0.3) is 11.0 Å². The first-order chi connectivity index (χ1) is 14.8. The third-order valence-electron chi connectivity index (χ3n) is 4.55. The largest absolute Gasteiger partial charge is 0.479 e. The normalized spacial score (nSPS) is 11.6. The summed E-state index contributed by atoms with van der Waals surface area (Å²) in [7, 11) is 1.33. The number of anilines is 1. The molecule has 7 nitrogen and oxygen atoms in total. The van der Waals surface area contributed by atoms with Crippen LogP contribution >= 0.6 is 0 Å². The average Bonchev–Trinajstić information content (AvgIpc) is 3.15. The number of nitrogens with zero attached hydrogens (tertiary/aromatic N) is 4. The summed E-state index contributed by atoms with van der Waals surface area (Å²) >= 11 is 0. The van der Waals surface area contributed by atoms with Crippen LogP contribution in [0.4, 0.5) is 23.5 Å². The van der Waals surface area contributed by atoms with Crippen LogP contribution in [0, 0.1) is 5.82 Å². The van der Waals surface area contributed by atoms with Crippen molar-refractivity contribution in [2.24, 2.45) is 0 Å². The summed E-state index contributed by atoms with van der Waals surface area (Å²) in [4.78, 5) is 19.0. The van der Waals surface area contributed by atoms with Crippen molar-refractivity contribution in [3.05, 3.63) is 71.2 Å². The molecule has 4 aromatic heterocycles. The fourth-order valence-corrected chi connectivity index (χ4v) is 3.01. The molecule has 11 heteroatoms. The van der Waals surface area contributed by atoms with Crippen molar-refractivity contribution in [1.82, 2.24) is 24.9 Å². The summed E-state index contributed by atoms with van der Waals surface area (Å²) in [6, 6.07) is 2.38. The highest BCUT2D eigenvalue weighted by atomic mass is 19.4. The van der Waals surface area contributed by atoms with Gasteiger partial charge in [0.25, 0.3) is 0 Å². The number of pyridine rings is 2. The van der Waals surface area contributed by atoms with Crippen molar-refractivity contribution in [2.45, 2.75) is 19.1 Å². The maximum Gasteiger partial charge on any atom is 0.417 e. The molecule has 0 saturated carbocycles. The highest BCUT2D eigenvalue weighted by Gasteiger charge is 2.31. The lowest BCUT2D eigenvalue weighted by Crippen LogP contribution is -2.06. The van der Waals surface area contributed by atoms with Gasteiger partial charge in [-0.05, 0) is 28.8 Å². The number of aromatic nitrogens is 5. The number of hydrogen-bond acceptors (Lipinski definition) is 6. The van der Waals surface area contributed by atoms with E-state index in [1.54, 1.807) is 18.6 Å². The zero-order valence-electron chi connectivity index (χ0n) is 16.2. The van der Waals surface area contributed by atoms with Gasteiger partial charge in [-0.25, -0.2) is 24.3 Å². The van der Waals surface area contributed by atoms with Crippen molar-refractivity contribution < 1.29 is 22.3 Å². The molecule has 0 aromatic carbocycles. The number of aromatic amines is 1. The molecule has 0 saturated heterocycles. The SMILES string of the molecule is COc1ncc(CNc2ncc(Cc3c[nH]c4ncc(C(F)(F)F)cc34)cn2)cc1F. The Labute approximate surface area is 173 Å². The summed E-state index contributed by atoms with van der Waals surface area (Å²) in [6.07, 6.45) is 2.91. The Morgan fingerprint density at radius 2 is 1.74 bits per heavy atom. The van der Waals surface area contributed by atoms with Gasteiger partial charge in [-0.2, -0.15) is 13.2 Å². The Morgan fingerprint density at radius 1 is 1.00 bits per heavy atom. The van der Waals surface area contributed by atoms with Gasteiger partial charge in [-0.3, -0.25) is 0 Å². The molecule has 4 heterocycles. The lowest BCUT2D eigenvalue weighted by molar-refractivity contribution is -0.137. The van der Waals surface area contributed by atoms with Gasteiger partial charge in [0.2, 0.25) is 11.8 Å². The number of H-pyrrole nitrogens is 1. The molecule has 0 aliphatic heterocycles. The molecule has 0 bridgehead atoms. The molecule has 0 atom stereocenters. The van der Waals surface area contributed by atoms with Crippen LogP contribution in [0.1, 0.15) is 22.3 Å². The molecular weight excluding hydrogens is 416 g/mol. The van der Waals surface area contributed by atoms with Crippen LogP contribution in [0.15, 0.2) is 43.1 Å². The van der Waals surface area contributed by atoms with E-state index in [1.807, 2.05) is 0 Å². The topological polar surface area (TPSA) is 88.6 Å². The van der Waals surface area contributed by atoms with E-state index in [0.29, 0.717) is 40.1 Å². The number of halogens is 4. The minimum atomic E-state index is -4.46. The van der Waals surface area contributed by atoms with Crippen LogP contribution in [-0.4, -0.2) is 32.0 Å². The molecule has 0 radical (unpaired) electrons. The molecule has 0 aliphatic rings. The first-order valence-electron chi connectivity index (χ1n) is 9.10. The molecule has 4 rings (SSSR count). The van der Waals surface area contributed by atoms with Gasteiger partial charge in [0.05, 0.1) is 12.7 Å². The maximum absolute atomic E-state index is 13.7. The van der Waals surface area contributed by atoms with Gasteiger partial charge in [0.15, 0.2) is 5.82 Å². The van der Waals surface area contributed by atoms with Crippen LogP contribution in [0.2, 0.25) is 0 Å². The molecule has 2 N–H and O–H groups in total. The zero-order valence-corrected chi connectivity index (χ0v) is 16.2. The molecule has 4 aromatic rings. The van der Waals surface area contributed by atoms with E-state index < -0.39 is 17.6 Å². The minimum absolute atomic E-state index is 0.0841. The number of fused-ring (bicyclic) bond motifs is 1. The Kier molecular flexibility index (Phi) is 5.40. The van der Waals surface area contributed by atoms with E-state index in [0.717, 1.165) is 12.3 Å². The van der Waals surface area contributed by atoms with Gasteiger partial charge < -0.3 is 15.0 Å². The smallest absolute Gasteiger partial charge is 0.417 e. The second-order valence-electron chi connectivity index (χ2n) is 6.71. The molecule has 0 unspecified atom stereocenters. The summed E-state index contributed by atoms with van der Waals surface area (Å²) in [5.41, 5.74) is 1.51. The van der Waals surface area contributed by atoms with Gasteiger partial charge in [-0.15, -0.1) is 0 Å². The van der Waals surface area contributed by atoms with E-state index in [9.17, 15) is 17.6 Å². The van der Waals surface area contributed by atoms with Crippen LogP contribution < -0.4 is 10.1 Å². The predicted octanol–water partition coefficient (Wildman–Crippen LogP) is 4.12. The lowest BCUT2D eigenvalue weighted by Gasteiger charge is -2.07. The fourth-order valence-electron chi connectivity index (χ4n) is 3.01. The molecule has 0 aliphatic carbocycles. The van der Waals surface area contributed by atoms with Gasteiger partial charge in [-0.1, -0.05) is 0 Å². The first-order valence-corrected chi connectivity index (χ1v) is 9.10. The van der Waals surface area contributed by atoms with Crippen molar-refractivity contribution >= 4 is 17.0 Å². The Morgan fingerprint density at radius 3 is 2.42 bits per heavy atom. The number of methoxy groups -OCH3 is 1. The quantitative estimate of drug-likeness (QED) is 0.446. The number of ether oxygens (including phenoxy) is 1. The highest BCUT2D eigenvalue weighted by molar-refractivity contribution is 5.80. The summed E-state index contributed by atoms with van der Waals surface area (Å²) in [5.74, 6) is -0.334. The number of alkyl halides is 3. The molecule has 0 spiro atoms. The van der Waals surface area contributed by atoms with Gasteiger partial charge >= 0.3 is 6.18 Å². The molecule has 160 valence electrons. The van der Waals surface area contributed by atoms with E-state index in [2.05, 4.69) is 30.2 Å². The lowest BCUT2D eigenvalue weighted by atomic mass is 10.1. The van der Waals surface area contributed by atoms with Crippen LogP contribution in [0.5, 0.6) is 5.88 Å².